The number of nitrogens with zero attached hydrogens (tertiary/aromatic N) is 9. The van der Waals surface area contributed by atoms with E-state index in [0.717, 1.165) is 52.0 Å². The van der Waals surface area contributed by atoms with E-state index in [1.807, 2.05) is 49.6 Å². The lowest BCUT2D eigenvalue weighted by Gasteiger charge is -2.16. The Balaban J connectivity index is 1.19. The summed E-state index contributed by atoms with van der Waals surface area (Å²) in [5, 5.41) is 19.3. The van der Waals surface area contributed by atoms with Crippen LogP contribution in [0.1, 0.15) is 37.2 Å². The molecule has 2 aromatic carbocycles. The first kappa shape index (κ1) is 24.1. The van der Waals surface area contributed by atoms with Crippen LogP contribution in [0.4, 0.5) is 0 Å². The number of hydrogen-bond acceptors (Lipinski definition) is 7. The first-order valence-corrected chi connectivity index (χ1v) is 13.2. The fourth-order valence-electron chi connectivity index (χ4n) is 5.29. The van der Waals surface area contributed by atoms with Crippen LogP contribution in [0.25, 0.3) is 39.1 Å². The number of carbonyl (C=O) groups excluding carboxylic acids is 1. The molecule has 0 saturated heterocycles. The van der Waals surface area contributed by atoms with Gasteiger partial charge in [0.05, 0.1) is 23.3 Å². The van der Waals surface area contributed by atoms with Gasteiger partial charge in [-0.15, -0.1) is 10.2 Å². The van der Waals surface area contributed by atoms with Crippen LogP contribution < -0.4 is 0 Å². The quantitative estimate of drug-likeness (QED) is 0.316. The molecule has 1 aliphatic rings. The van der Waals surface area contributed by atoms with Crippen molar-refractivity contribution in [3.8, 4) is 22.4 Å². The number of likely N-dealkylation sites (N-methyl/N-ethyl adjacent to an activating group) is 1. The Hall–Kier alpha value is -4.99. The van der Waals surface area contributed by atoms with E-state index in [2.05, 4.69) is 49.5 Å². The summed E-state index contributed by atoms with van der Waals surface area (Å²) in [4.78, 5) is 22.9. The molecule has 7 rings (SSSR count). The predicted molar refractivity (Wildman–Crippen MR) is 150 cm³/mol. The van der Waals surface area contributed by atoms with Crippen molar-refractivity contribution < 1.29 is 4.79 Å². The van der Waals surface area contributed by atoms with Gasteiger partial charge in [0.2, 0.25) is 5.91 Å². The summed E-state index contributed by atoms with van der Waals surface area (Å²) in [6.07, 6.45) is 9.18. The highest BCUT2D eigenvalue weighted by Gasteiger charge is 2.50. The molecule has 1 unspecified atom stereocenters. The zero-order chi connectivity index (χ0) is 27.4. The van der Waals surface area contributed by atoms with Crippen molar-refractivity contribution in [1.82, 2.24) is 44.5 Å². The zero-order valence-corrected chi connectivity index (χ0v) is 22.4. The molecule has 4 heterocycles. The van der Waals surface area contributed by atoms with E-state index in [-0.39, 0.29) is 17.4 Å². The van der Waals surface area contributed by atoms with E-state index in [4.69, 9.17) is 5.10 Å². The maximum Gasteiger partial charge on any atom is 0.271 e. The summed E-state index contributed by atoms with van der Waals surface area (Å²) in [7, 11) is 3.49. The van der Waals surface area contributed by atoms with Crippen molar-refractivity contribution in [2.24, 2.45) is 0 Å². The van der Waals surface area contributed by atoms with Crippen LogP contribution in [-0.4, -0.2) is 64.5 Å². The Morgan fingerprint density at radius 3 is 2.52 bits per heavy atom. The van der Waals surface area contributed by atoms with Crippen molar-refractivity contribution in [2.75, 3.05) is 14.1 Å². The lowest BCUT2D eigenvalue weighted by molar-refractivity contribution is -0.131. The Bertz CT molecular complexity index is 1880. The molecule has 0 bridgehead atoms. The van der Waals surface area contributed by atoms with Crippen LogP contribution in [0.5, 0.6) is 0 Å². The summed E-state index contributed by atoms with van der Waals surface area (Å²) in [6.45, 7) is 1.85. The average molecular weight is 530 g/mol. The Kier molecular flexibility index (Phi) is 5.44. The molecule has 0 radical (unpaired) electrons. The van der Waals surface area contributed by atoms with Gasteiger partial charge in [-0.25, -0.2) is 4.98 Å². The average Bonchev–Trinajstić information content (AvgIpc) is 3.44. The van der Waals surface area contributed by atoms with E-state index in [1.165, 1.54) is 5.56 Å². The third-order valence-corrected chi connectivity index (χ3v) is 7.78. The topological polar surface area (TPSA) is 107 Å². The molecule has 40 heavy (non-hydrogen) atoms. The molecule has 1 aliphatic carbocycles. The van der Waals surface area contributed by atoms with Crippen LogP contribution in [0.3, 0.4) is 0 Å². The minimum absolute atomic E-state index is 0.00192. The van der Waals surface area contributed by atoms with Gasteiger partial charge >= 0.3 is 0 Å². The molecule has 10 nitrogen and oxygen atoms in total. The second kappa shape index (κ2) is 9.04. The highest BCUT2D eigenvalue weighted by atomic mass is 16.2. The van der Waals surface area contributed by atoms with E-state index in [1.54, 1.807) is 40.6 Å². The van der Waals surface area contributed by atoms with Gasteiger partial charge in [0, 0.05) is 43.0 Å². The van der Waals surface area contributed by atoms with Crippen LogP contribution in [0.15, 0.2) is 79.4 Å². The molecule has 1 atom stereocenters. The molecule has 1 amide bonds. The van der Waals surface area contributed by atoms with Gasteiger partial charge in [0.25, 0.3) is 5.78 Å². The van der Waals surface area contributed by atoms with Crippen molar-refractivity contribution >= 4 is 22.6 Å². The Morgan fingerprint density at radius 1 is 0.950 bits per heavy atom. The first-order chi connectivity index (χ1) is 19.4. The van der Waals surface area contributed by atoms with E-state index in [9.17, 15) is 4.79 Å². The first-order valence-electron chi connectivity index (χ1n) is 13.2. The number of benzene rings is 2. The molecule has 4 aromatic heterocycles. The van der Waals surface area contributed by atoms with Crippen LogP contribution >= 0.6 is 0 Å². The van der Waals surface area contributed by atoms with Crippen LogP contribution in [0, 0.1) is 0 Å². The van der Waals surface area contributed by atoms with E-state index >= 15 is 0 Å². The number of carbonyl (C=O) groups is 1. The second-order valence-corrected chi connectivity index (χ2v) is 10.6. The molecule has 10 heteroatoms. The van der Waals surface area contributed by atoms with Crippen LogP contribution in [0.2, 0.25) is 0 Å². The largest absolute Gasteiger partial charge is 0.347 e. The third kappa shape index (κ3) is 3.91. The molecule has 0 spiro atoms. The summed E-state index contributed by atoms with van der Waals surface area (Å²) >= 11 is 0. The summed E-state index contributed by atoms with van der Waals surface area (Å²) < 4.78 is 3.48. The van der Waals surface area contributed by atoms with Crippen molar-refractivity contribution in [2.45, 2.75) is 31.2 Å². The number of rotatable bonds is 6. The van der Waals surface area contributed by atoms with Gasteiger partial charge in [0.15, 0.2) is 5.82 Å². The number of amides is 1. The minimum atomic E-state index is -0.371. The molecular weight excluding hydrogens is 502 g/mol. The van der Waals surface area contributed by atoms with Gasteiger partial charge in [-0.1, -0.05) is 36.4 Å². The van der Waals surface area contributed by atoms with Crippen LogP contribution in [-0.2, 0) is 10.2 Å². The van der Waals surface area contributed by atoms with E-state index in [0.29, 0.717) is 5.78 Å². The molecule has 198 valence electrons. The second-order valence-electron chi connectivity index (χ2n) is 10.6. The fraction of sp³-hybridized carbons (Fsp3) is 0.233. The monoisotopic (exact) mass is 529 g/mol. The summed E-state index contributed by atoms with van der Waals surface area (Å²) in [5.41, 5.74) is 5.55. The lowest BCUT2D eigenvalue weighted by Crippen LogP contribution is -2.30. The standard InChI is InChI=1S/C30H27N9O/c1-19(27(40)37(2)3)38-18-23(16-33-38)20-6-8-21(9-7-20)26-17-32-29-35-34-28(39(29)36-26)30(12-13-30)24-10-11-25-22(15-24)5-4-14-31-25/h4-11,14-19H,12-13H2,1-3H3. The van der Waals surface area contributed by atoms with Gasteiger partial charge in [-0.05, 0) is 49.1 Å². The van der Waals surface area contributed by atoms with Crippen molar-refractivity contribution in [1.29, 1.82) is 0 Å². The summed E-state index contributed by atoms with van der Waals surface area (Å²) in [5.74, 6) is 1.29. The SMILES string of the molecule is CC(C(=O)N(C)C)n1cc(-c2ccc(-c3cnc4nnc(C5(c6ccc7ncccc7c6)CC5)n4n3)cc2)cn1. The number of pyridine rings is 1. The normalized spacial score (nSPS) is 14.9. The van der Waals surface area contributed by atoms with Crippen molar-refractivity contribution in [3.63, 3.8) is 0 Å². The zero-order valence-electron chi connectivity index (χ0n) is 22.4. The molecule has 0 N–H and O–H groups in total. The lowest BCUT2D eigenvalue weighted by atomic mass is 9.94. The number of aromatic nitrogens is 8. The smallest absolute Gasteiger partial charge is 0.271 e. The number of fused-ring (bicyclic) bond motifs is 2. The van der Waals surface area contributed by atoms with E-state index < -0.39 is 0 Å². The fourth-order valence-corrected chi connectivity index (χ4v) is 5.29. The van der Waals surface area contributed by atoms with Gasteiger partial charge in [0.1, 0.15) is 11.7 Å². The molecule has 1 saturated carbocycles. The highest BCUT2D eigenvalue weighted by Crippen LogP contribution is 2.53. The van der Waals surface area contributed by atoms with Crippen molar-refractivity contribution in [3.05, 3.63) is 90.8 Å². The Morgan fingerprint density at radius 2 is 1.75 bits per heavy atom. The predicted octanol–water partition coefficient (Wildman–Crippen LogP) is 4.33. The molecule has 1 fully saturated rings. The molecule has 0 aliphatic heterocycles. The third-order valence-electron chi connectivity index (χ3n) is 7.78. The van der Waals surface area contributed by atoms with Gasteiger partial charge in [-0.3, -0.25) is 14.5 Å². The number of hydrogen-bond donors (Lipinski definition) is 0. The highest BCUT2D eigenvalue weighted by molar-refractivity contribution is 5.80. The van der Waals surface area contributed by atoms with Gasteiger partial charge < -0.3 is 4.90 Å². The maximum atomic E-state index is 12.3. The van der Waals surface area contributed by atoms with Gasteiger partial charge in [-0.2, -0.15) is 14.7 Å². The molecule has 6 aromatic rings. The molecular formula is C30H27N9O. The maximum absolute atomic E-state index is 12.3. The Labute approximate surface area is 230 Å². The minimum Gasteiger partial charge on any atom is -0.347 e. The summed E-state index contributed by atoms with van der Waals surface area (Å²) in [6, 6.07) is 18.2.